The van der Waals surface area contributed by atoms with E-state index < -0.39 is 0 Å². The van der Waals surface area contributed by atoms with Crippen molar-refractivity contribution in [2.45, 2.75) is 71.1 Å². The van der Waals surface area contributed by atoms with Crippen molar-refractivity contribution in [3.8, 4) is 0 Å². The predicted octanol–water partition coefficient (Wildman–Crippen LogP) is 2.78. The second-order valence-corrected chi connectivity index (χ2v) is 7.36. The van der Waals surface area contributed by atoms with Crippen molar-refractivity contribution in [1.82, 2.24) is 9.80 Å². The van der Waals surface area contributed by atoms with Crippen LogP contribution in [-0.4, -0.2) is 53.6 Å². The van der Waals surface area contributed by atoms with E-state index in [0.717, 1.165) is 25.3 Å². The number of Topliss-reactive ketones (excluding diaryl/α,β-unsaturated/α-hetero) is 1. The molecule has 1 aliphatic heterocycles. The second-order valence-electron chi connectivity index (χ2n) is 7.36. The fourth-order valence-electron chi connectivity index (χ4n) is 3.82. The molecule has 0 N–H and O–H groups in total. The van der Waals surface area contributed by atoms with Crippen molar-refractivity contribution in [1.29, 1.82) is 0 Å². The van der Waals surface area contributed by atoms with Crippen molar-refractivity contribution in [2.24, 2.45) is 5.92 Å². The molecule has 1 saturated heterocycles. The summed E-state index contributed by atoms with van der Waals surface area (Å²) < 4.78 is 0. The van der Waals surface area contributed by atoms with Gasteiger partial charge in [-0.3, -0.25) is 9.59 Å². The second kappa shape index (κ2) is 9.80. The minimum atomic E-state index is 0.0432. The molecule has 0 spiro atoms. The number of carbonyl (C=O) groups excluding carboxylic acids is 3. The normalized spacial score (nSPS) is 19.9. The summed E-state index contributed by atoms with van der Waals surface area (Å²) >= 11 is 0. The van der Waals surface area contributed by atoms with Gasteiger partial charge in [-0.15, -0.1) is 0 Å². The van der Waals surface area contributed by atoms with Gasteiger partial charge in [-0.2, -0.15) is 0 Å². The van der Waals surface area contributed by atoms with Gasteiger partial charge in [-0.25, -0.2) is 0 Å². The third-order valence-electron chi connectivity index (χ3n) is 5.38. The van der Waals surface area contributed by atoms with Crippen molar-refractivity contribution in [3.63, 3.8) is 0 Å². The minimum absolute atomic E-state index is 0.0432. The van der Waals surface area contributed by atoms with Crippen LogP contribution in [0.5, 0.6) is 0 Å². The first-order valence-electron chi connectivity index (χ1n) is 9.61. The number of amides is 2. The largest absolute Gasteiger partial charge is 0.341 e. The molecular formula is C19H32N2O3. The van der Waals surface area contributed by atoms with Gasteiger partial charge >= 0.3 is 0 Å². The number of ketones is 1. The van der Waals surface area contributed by atoms with E-state index in [1.54, 1.807) is 0 Å². The molecule has 1 saturated carbocycles. The van der Waals surface area contributed by atoms with Crippen molar-refractivity contribution < 1.29 is 14.4 Å². The smallest absolute Gasteiger partial charge is 0.223 e. The molecule has 0 aromatic rings. The lowest BCUT2D eigenvalue weighted by molar-refractivity contribution is -0.134. The van der Waals surface area contributed by atoms with E-state index in [2.05, 4.69) is 0 Å². The van der Waals surface area contributed by atoms with E-state index in [0.29, 0.717) is 38.9 Å². The Labute approximate surface area is 145 Å². The molecule has 0 atom stereocenters. The molecular weight excluding hydrogens is 304 g/mol. The van der Waals surface area contributed by atoms with Gasteiger partial charge in [0.25, 0.3) is 0 Å². The molecule has 5 nitrogen and oxygen atoms in total. The van der Waals surface area contributed by atoms with Crippen molar-refractivity contribution >= 4 is 17.6 Å². The number of carbonyl (C=O) groups is 3. The van der Waals surface area contributed by atoms with Gasteiger partial charge in [-0.1, -0.05) is 32.1 Å². The molecule has 0 bridgehead atoms. The third kappa shape index (κ3) is 6.25. The fourth-order valence-corrected chi connectivity index (χ4v) is 3.82. The van der Waals surface area contributed by atoms with E-state index in [1.165, 1.54) is 39.0 Å². The van der Waals surface area contributed by atoms with Crippen LogP contribution in [0.2, 0.25) is 0 Å². The molecule has 1 heterocycles. The summed E-state index contributed by atoms with van der Waals surface area (Å²) in [6.07, 6.45) is 9.69. The molecule has 2 aliphatic rings. The van der Waals surface area contributed by atoms with Crippen LogP contribution < -0.4 is 0 Å². The first kappa shape index (κ1) is 18.9. The summed E-state index contributed by atoms with van der Waals surface area (Å²) in [5.41, 5.74) is 0. The van der Waals surface area contributed by atoms with Gasteiger partial charge in [0.2, 0.25) is 11.8 Å². The summed E-state index contributed by atoms with van der Waals surface area (Å²) in [4.78, 5) is 39.4. The Morgan fingerprint density at radius 3 is 1.92 bits per heavy atom. The topological polar surface area (TPSA) is 57.7 Å². The van der Waals surface area contributed by atoms with E-state index >= 15 is 0 Å². The fraction of sp³-hybridized carbons (Fsp3) is 0.842. The maximum absolute atomic E-state index is 12.5. The van der Waals surface area contributed by atoms with Gasteiger partial charge < -0.3 is 14.6 Å². The first-order valence-corrected chi connectivity index (χ1v) is 9.61. The maximum Gasteiger partial charge on any atom is 0.223 e. The average molecular weight is 336 g/mol. The molecule has 2 rings (SSSR count). The van der Waals surface area contributed by atoms with E-state index in [4.69, 9.17) is 0 Å². The number of nitrogens with zero attached hydrogens (tertiary/aromatic N) is 2. The zero-order valence-corrected chi connectivity index (χ0v) is 15.1. The summed E-state index contributed by atoms with van der Waals surface area (Å²) in [5.74, 6) is 1.08. The Kier molecular flexibility index (Phi) is 7.73. The highest BCUT2D eigenvalue weighted by Gasteiger charge is 2.23. The highest BCUT2D eigenvalue weighted by atomic mass is 16.2. The number of hydrogen-bond donors (Lipinski definition) is 0. The zero-order chi connectivity index (χ0) is 17.4. The van der Waals surface area contributed by atoms with Crippen LogP contribution in [0, 0.1) is 5.92 Å². The van der Waals surface area contributed by atoms with Gasteiger partial charge in [-0.05, 0) is 25.7 Å². The van der Waals surface area contributed by atoms with Crippen LogP contribution in [0.25, 0.3) is 0 Å². The van der Waals surface area contributed by atoms with E-state index in [9.17, 15) is 14.4 Å². The summed E-state index contributed by atoms with van der Waals surface area (Å²) in [5, 5.41) is 0. The summed E-state index contributed by atoms with van der Waals surface area (Å²) in [6.45, 7) is 4.20. The van der Waals surface area contributed by atoms with Crippen LogP contribution in [0.3, 0.4) is 0 Å². The van der Waals surface area contributed by atoms with Gasteiger partial charge in [0.1, 0.15) is 5.78 Å². The molecule has 24 heavy (non-hydrogen) atoms. The standard InChI is InChI=1S/C19H32N2O3/c1-16(22)8-10-18(23)20-12-5-13-21(15-14-20)19(24)11-9-17-6-3-2-4-7-17/h17H,2-15H2,1H3. The van der Waals surface area contributed by atoms with Gasteiger partial charge in [0, 0.05) is 45.4 Å². The molecule has 0 unspecified atom stereocenters. The van der Waals surface area contributed by atoms with Gasteiger partial charge in [0.15, 0.2) is 0 Å². The summed E-state index contributed by atoms with van der Waals surface area (Å²) in [6, 6.07) is 0. The number of hydrogen-bond acceptors (Lipinski definition) is 3. The van der Waals surface area contributed by atoms with Crippen LogP contribution in [-0.2, 0) is 14.4 Å². The quantitative estimate of drug-likeness (QED) is 0.749. The van der Waals surface area contributed by atoms with Crippen LogP contribution in [0.1, 0.15) is 71.1 Å². The van der Waals surface area contributed by atoms with E-state index in [1.807, 2.05) is 9.80 Å². The van der Waals surface area contributed by atoms with E-state index in [-0.39, 0.29) is 17.6 Å². The highest BCUT2D eigenvalue weighted by Crippen LogP contribution is 2.27. The molecule has 2 amide bonds. The molecule has 0 aromatic heterocycles. The lowest BCUT2D eigenvalue weighted by Gasteiger charge is -2.24. The highest BCUT2D eigenvalue weighted by molar-refractivity contribution is 5.83. The van der Waals surface area contributed by atoms with Crippen LogP contribution >= 0.6 is 0 Å². The Morgan fingerprint density at radius 2 is 1.33 bits per heavy atom. The Morgan fingerprint density at radius 1 is 0.750 bits per heavy atom. The minimum Gasteiger partial charge on any atom is -0.341 e. The average Bonchev–Trinajstić information content (AvgIpc) is 2.84. The third-order valence-corrected chi connectivity index (χ3v) is 5.38. The maximum atomic E-state index is 12.5. The Bertz CT molecular complexity index is 444. The molecule has 1 aliphatic carbocycles. The number of rotatable bonds is 6. The van der Waals surface area contributed by atoms with Gasteiger partial charge in [0.05, 0.1) is 0 Å². The molecule has 2 fully saturated rings. The zero-order valence-electron chi connectivity index (χ0n) is 15.1. The van der Waals surface area contributed by atoms with Crippen LogP contribution in [0.4, 0.5) is 0 Å². The lowest BCUT2D eigenvalue weighted by Crippen LogP contribution is -2.37. The van der Waals surface area contributed by atoms with Crippen molar-refractivity contribution in [3.05, 3.63) is 0 Å². The molecule has 5 heteroatoms. The molecule has 0 aromatic carbocycles. The monoisotopic (exact) mass is 336 g/mol. The first-order chi connectivity index (χ1) is 11.6. The molecule has 0 radical (unpaired) electrons. The van der Waals surface area contributed by atoms with Crippen molar-refractivity contribution in [2.75, 3.05) is 26.2 Å². The summed E-state index contributed by atoms with van der Waals surface area (Å²) in [7, 11) is 0. The Hall–Kier alpha value is -1.39. The predicted molar refractivity (Wildman–Crippen MR) is 93.5 cm³/mol. The SMILES string of the molecule is CC(=O)CCC(=O)N1CCCN(C(=O)CCC2CCCCC2)CC1. The Balaban J connectivity index is 1.72. The lowest BCUT2D eigenvalue weighted by atomic mass is 9.86. The van der Waals surface area contributed by atoms with Crippen LogP contribution in [0.15, 0.2) is 0 Å². The molecule has 136 valence electrons.